The summed E-state index contributed by atoms with van der Waals surface area (Å²) in [4.78, 5) is 0. The number of hydrogen-bond donors (Lipinski definition) is 3. The first-order chi connectivity index (χ1) is 16.4. The molecular weight excluding hydrogens is 434 g/mol. The van der Waals surface area contributed by atoms with Gasteiger partial charge in [0.05, 0.1) is 36.0 Å². The standard InChI is InChI=1S/C23H27NO5.C4H8O/c1-3-15-4-6-16(7-5-15)8-17-9-21(22(27)10-18(17)13-24)23(28-2)12-19(26)11-20(14-25)29-23;1-2-4-5-3-1/h4-7,9-10,19-20,25-27H,3,8,11-12,14H2,1-2H3;1-4H2. The first-order valence-corrected chi connectivity index (χ1v) is 11.9. The van der Waals surface area contributed by atoms with Crippen LogP contribution in [0, 0.1) is 11.3 Å². The average molecular weight is 470 g/mol. The number of ether oxygens (including phenoxy) is 3. The molecule has 2 aliphatic heterocycles. The van der Waals surface area contributed by atoms with Gasteiger partial charge in [-0.1, -0.05) is 31.2 Å². The highest BCUT2D eigenvalue weighted by molar-refractivity contribution is 5.51. The van der Waals surface area contributed by atoms with Crippen LogP contribution in [0.2, 0.25) is 0 Å². The fraction of sp³-hybridized carbons (Fsp3) is 0.519. The highest BCUT2D eigenvalue weighted by Gasteiger charge is 2.45. The number of aliphatic hydroxyl groups is 2. The van der Waals surface area contributed by atoms with Crippen LogP contribution in [-0.2, 0) is 32.8 Å². The number of methoxy groups -OCH3 is 1. The monoisotopic (exact) mass is 469 g/mol. The van der Waals surface area contributed by atoms with Crippen molar-refractivity contribution < 1.29 is 29.5 Å². The molecule has 7 nitrogen and oxygen atoms in total. The number of nitrogens with zero attached hydrogens (tertiary/aromatic N) is 1. The molecule has 3 N–H and O–H groups in total. The number of phenols is 1. The maximum atomic E-state index is 10.6. The largest absolute Gasteiger partial charge is 0.507 e. The van der Waals surface area contributed by atoms with Crippen LogP contribution in [0.5, 0.6) is 5.75 Å². The molecule has 3 atom stereocenters. The maximum absolute atomic E-state index is 10.6. The molecule has 34 heavy (non-hydrogen) atoms. The smallest absolute Gasteiger partial charge is 0.201 e. The number of aromatic hydroxyl groups is 1. The molecule has 0 radical (unpaired) electrons. The van der Waals surface area contributed by atoms with E-state index in [9.17, 15) is 20.6 Å². The van der Waals surface area contributed by atoms with Crippen LogP contribution < -0.4 is 0 Å². The molecule has 0 amide bonds. The zero-order valence-electron chi connectivity index (χ0n) is 20.0. The zero-order chi connectivity index (χ0) is 24.6. The number of phenolic OH excluding ortho intramolecular Hbond substituents is 1. The van der Waals surface area contributed by atoms with Gasteiger partial charge in [-0.05, 0) is 54.5 Å². The molecule has 0 aromatic heterocycles. The van der Waals surface area contributed by atoms with Gasteiger partial charge in [0, 0.05) is 33.2 Å². The third-order valence-corrected chi connectivity index (χ3v) is 6.34. The molecular formula is C27H35NO6. The number of hydrogen-bond acceptors (Lipinski definition) is 7. The minimum absolute atomic E-state index is 0.115. The third-order valence-electron chi connectivity index (χ3n) is 6.34. The van der Waals surface area contributed by atoms with Gasteiger partial charge in [-0.3, -0.25) is 0 Å². The molecule has 4 rings (SSSR count). The lowest BCUT2D eigenvalue weighted by atomic mass is 9.88. The summed E-state index contributed by atoms with van der Waals surface area (Å²) in [6.45, 7) is 3.83. The molecule has 2 saturated heterocycles. The Morgan fingerprint density at radius 1 is 1.15 bits per heavy atom. The second-order valence-electron chi connectivity index (χ2n) is 8.78. The summed E-state index contributed by atoms with van der Waals surface area (Å²) < 4.78 is 16.5. The summed E-state index contributed by atoms with van der Waals surface area (Å²) in [5.41, 5.74) is 3.71. The first-order valence-electron chi connectivity index (χ1n) is 11.9. The van der Waals surface area contributed by atoms with Crippen LogP contribution in [0.15, 0.2) is 36.4 Å². The predicted octanol–water partition coefficient (Wildman–Crippen LogP) is 3.55. The van der Waals surface area contributed by atoms with E-state index in [2.05, 4.69) is 25.1 Å². The van der Waals surface area contributed by atoms with Gasteiger partial charge < -0.3 is 29.5 Å². The molecule has 3 unspecified atom stereocenters. The molecule has 0 bridgehead atoms. The van der Waals surface area contributed by atoms with E-state index >= 15 is 0 Å². The Kier molecular flexibility index (Phi) is 9.45. The normalized spacial score (nSPS) is 24.2. The van der Waals surface area contributed by atoms with E-state index in [1.807, 2.05) is 12.1 Å². The lowest BCUT2D eigenvalue weighted by molar-refractivity contribution is -0.299. The van der Waals surface area contributed by atoms with Gasteiger partial charge in [0.2, 0.25) is 5.79 Å². The lowest BCUT2D eigenvalue weighted by Gasteiger charge is -2.42. The molecule has 2 aromatic carbocycles. The Labute approximate surface area is 201 Å². The summed E-state index contributed by atoms with van der Waals surface area (Å²) in [6, 6.07) is 13.4. The van der Waals surface area contributed by atoms with Crippen LogP contribution in [0.25, 0.3) is 0 Å². The van der Waals surface area contributed by atoms with Gasteiger partial charge in [-0.25, -0.2) is 0 Å². The molecule has 2 aromatic rings. The lowest BCUT2D eigenvalue weighted by Crippen LogP contribution is -2.46. The second kappa shape index (κ2) is 12.3. The summed E-state index contributed by atoms with van der Waals surface area (Å²) in [5, 5.41) is 40.0. The highest BCUT2D eigenvalue weighted by Crippen LogP contribution is 2.43. The molecule has 2 aliphatic rings. The molecule has 184 valence electrons. The molecule has 0 aliphatic carbocycles. The fourth-order valence-electron chi connectivity index (χ4n) is 4.40. The molecule has 2 heterocycles. The Balaban J connectivity index is 0.000000574. The van der Waals surface area contributed by atoms with Crippen molar-refractivity contribution in [2.45, 2.75) is 63.4 Å². The van der Waals surface area contributed by atoms with E-state index in [1.165, 1.54) is 31.6 Å². The van der Waals surface area contributed by atoms with Crippen molar-refractivity contribution in [2.75, 3.05) is 26.9 Å². The van der Waals surface area contributed by atoms with Crippen molar-refractivity contribution in [3.63, 3.8) is 0 Å². The summed E-state index contributed by atoms with van der Waals surface area (Å²) in [6.07, 6.45) is 3.06. The summed E-state index contributed by atoms with van der Waals surface area (Å²) >= 11 is 0. The van der Waals surface area contributed by atoms with Gasteiger partial charge in [-0.2, -0.15) is 5.26 Å². The van der Waals surface area contributed by atoms with E-state index in [-0.39, 0.29) is 25.2 Å². The van der Waals surface area contributed by atoms with Crippen LogP contribution in [0.1, 0.15) is 60.4 Å². The Morgan fingerprint density at radius 3 is 2.35 bits per heavy atom. The van der Waals surface area contributed by atoms with E-state index in [1.54, 1.807) is 6.07 Å². The van der Waals surface area contributed by atoms with Crippen LogP contribution in [0.4, 0.5) is 0 Å². The molecule has 0 spiro atoms. The summed E-state index contributed by atoms with van der Waals surface area (Å²) in [5.74, 6) is -1.54. The highest BCUT2D eigenvalue weighted by atomic mass is 16.7. The third kappa shape index (κ3) is 6.35. The van der Waals surface area contributed by atoms with Gasteiger partial charge in [0.15, 0.2) is 0 Å². The topological polar surface area (TPSA) is 112 Å². The van der Waals surface area contributed by atoms with Crippen molar-refractivity contribution in [3.8, 4) is 11.8 Å². The van der Waals surface area contributed by atoms with Gasteiger partial charge in [-0.15, -0.1) is 0 Å². The van der Waals surface area contributed by atoms with Gasteiger partial charge in [0.1, 0.15) is 5.75 Å². The number of aliphatic hydroxyl groups excluding tert-OH is 2. The van der Waals surface area contributed by atoms with E-state index in [0.717, 1.165) is 30.8 Å². The maximum Gasteiger partial charge on any atom is 0.201 e. The van der Waals surface area contributed by atoms with Gasteiger partial charge >= 0.3 is 0 Å². The Morgan fingerprint density at radius 2 is 1.82 bits per heavy atom. The Hall–Kier alpha value is -2.47. The second-order valence-corrected chi connectivity index (χ2v) is 8.78. The minimum Gasteiger partial charge on any atom is -0.507 e. The van der Waals surface area contributed by atoms with Crippen molar-refractivity contribution in [2.24, 2.45) is 0 Å². The van der Waals surface area contributed by atoms with Gasteiger partial charge in [0.25, 0.3) is 0 Å². The SMILES string of the molecule is C1CCOC1.CCc1ccc(Cc2cc(C3(OC)CC(O)CC(CO)O3)c(O)cc2C#N)cc1. The molecule has 0 saturated carbocycles. The molecule has 7 heteroatoms. The van der Waals surface area contributed by atoms with Crippen molar-refractivity contribution in [1.82, 2.24) is 0 Å². The predicted molar refractivity (Wildman–Crippen MR) is 127 cm³/mol. The van der Waals surface area contributed by atoms with Crippen LogP contribution in [0.3, 0.4) is 0 Å². The average Bonchev–Trinajstić information content (AvgIpc) is 3.45. The fourth-order valence-corrected chi connectivity index (χ4v) is 4.40. The number of rotatable bonds is 6. The quantitative estimate of drug-likeness (QED) is 0.593. The number of aryl methyl sites for hydroxylation is 1. The zero-order valence-corrected chi connectivity index (χ0v) is 20.0. The number of benzene rings is 2. The number of nitriles is 1. The summed E-state index contributed by atoms with van der Waals surface area (Å²) in [7, 11) is 1.44. The minimum atomic E-state index is -1.40. The van der Waals surface area contributed by atoms with Crippen molar-refractivity contribution in [1.29, 1.82) is 5.26 Å². The van der Waals surface area contributed by atoms with Crippen LogP contribution in [-0.4, -0.2) is 54.5 Å². The van der Waals surface area contributed by atoms with E-state index in [4.69, 9.17) is 14.2 Å². The van der Waals surface area contributed by atoms with E-state index < -0.39 is 18.0 Å². The van der Waals surface area contributed by atoms with Crippen LogP contribution >= 0.6 is 0 Å². The first kappa shape index (κ1) is 26.1. The van der Waals surface area contributed by atoms with E-state index in [0.29, 0.717) is 17.5 Å². The Bertz CT molecular complexity index is 959. The van der Waals surface area contributed by atoms with Crippen molar-refractivity contribution in [3.05, 3.63) is 64.2 Å². The van der Waals surface area contributed by atoms with Crippen molar-refractivity contribution >= 4 is 0 Å². The molecule has 2 fully saturated rings.